The van der Waals surface area contributed by atoms with Gasteiger partial charge in [0.2, 0.25) is 0 Å². The molecule has 2 aromatic heterocycles. The summed E-state index contributed by atoms with van der Waals surface area (Å²) in [6.45, 7) is 3.97. The van der Waals surface area contributed by atoms with Crippen molar-refractivity contribution in [2.45, 2.75) is 45.3 Å². The molecule has 0 radical (unpaired) electrons. The van der Waals surface area contributed by atoms with Gasteiger partial charge in [-0.15, -0.1) is 0 Å². The van der Waals surface area contributed by atoms with Crippen LogP contribution in [0.15, 0.2) is 40.9 Å². The fraction of sp³-hybridized carbons (Fsp3) is 0.333. The number of furan rings is 1. The first-order chi connectivity index (χ1) is 13.7. The molecule has 29 heavy (non-hydrogen) atoms. The van der Waals surface area contributed by atoms with Crippen LogP contribution in [0.3, 0.4) is 0 Å². The van der Waals surface area contributed by atoms with E-state index < -0.39 is 11.7 Å². The van der Waals surface area contributed by atoms with Gasteiger partial charge in [-0.2, -0.15) is 18.3 Å². The molecule has 8 heteroatoms. The van der Waals surface area contributed by atoms with Crippen LogP contribution >= 0.6 is 0 Å². The topological polar surface area (TPSA) is 60.1 Å². The first-order valence-electron chi connectivity index (χ1n) is 9.33. The van der Waals surface area contributed by atoms with Gasteiger partial charge < -0.3 is 9.73 Å². The second-order valence-corrected chi connectivity index (χ2v) is 7.30. The first kappa shape index (κ1) is 19.3. The Morgan fingerprint density at radius 1 is 1.28 bits per heavy atom. The number of aromatic nitrogens is 2. The maximum Gasteiger partial charge on any atom is 0.416 e. The molecule has 1 aromatic carbocycles. The van der Waals surface area contributed by atoms with Crippen LogP contribution < -0.4 is 5.32 Å². The number of rotatable bonds is 5. The predicted molar refractivity (Wildman–Crippen MR) is 99.9 cm³/mol. The van der Waals surface area contributed by atoms with Gasteiger partial charge in [-0.05, 0) is 51.0 Å². The Morgan fingerprint density at radius 2 is 2.03 bits per heavy atom. The monoisotopic (exact) mass is 403 g/mol. The Hall–Kier alpha value is -3.03. The van der Waals surface area contributed by atoms with Crippen LogP contribution in [0, 0.1) is 13.8 Å². The van der Waals surface area contributed by atoms with Crippen LogP contribution in [0.1, 0.15) is 57.5 Å². The third-order valence-electron chi connectivity index (χ3n) is 5.02. The number of benzene rings is 1. The highest BCUT2D eigenvalue weighted by atomic mass is 19.4. The predicted octanol–water partition coefficient (Wildman–Crippen LogP) is 4.91. The van der Waals surface area contributed by atoms with Crippen molar-refractivity contribution in [1.82, 2.24) is 15.1 Å². The van der Waals surface area contributed by atoms with Crippen molar-refractivity contribution < 1.29 is 22.4 Å². The lowest BCUT2D eigenvalue weighted by atomic mass is 10.1. The Balaban J connectivity index is 1.62. The average molecular weight is 403 g/mol. The van der Waals surface area contributed by atoms with Crippen molar-refractivity contribution in [3.63, 3.8) is 0 Å². The number of carbonyl (C=O) groups excluding carboxylic acids is 1. The molecule has 0 spiro atoms. The zero-order chi connectivity index (χ0) is 20.8. The number of nitrogens with one attached hydrogen (secondary N) is 1. The van der Waals surface area contributed by atoms with E-state index in [-0.39, 0.29) is 11.8 Å². The third-order valence-corrected chi connectivity index (χ3v) is 5.02. The maximum absolute atomic E-state index is 13.1. The molecule has 1 saturated carbocycles. The Morgan fingerprint density at radius 3 is 2.66 bits per heavy atom. The summed E-state index contributed by atoms with van der Waals surface area (Å²) < 4.78 is 46.2. The fourth-order valence-electron chi connectivity index (χ4n) is 3.43. The maximum atomic E-state index is 13.1. The number of amides is 1. The van der Waals surface area contributed by atoms with Gasteiger partial charge in [0.25, 0.3) is 5.91 Å². The normalized spacial score (nSPS) is 14.2. The van der Waals surface area contributed by atoms with E-state index in [2.05, 4.69) is 10.4 Å². The van der Waals surface area contributed by atoms with Crippen molar-refractivity contribution in [2.24, 2.45) is 0 Å². The van der Waals surface area contributed by atoms with Gasteiger partial charge in [-0.25, -0.2) is 4.68 Å². The van der Waals surface area contributed by atoms with Crippen molar-refractivity contribution in [3.05, 3.63) is 70.4 Å². The zero-order valence-corrected chi connectivity index (χ0v) is 16.0. The van der Waals surface area contributed by atoms with Crippen LogP contribution in [-0.4, -0.2) is 15.7 Å². The van der Waals surface area contributed by atoms with E-state index in [9.17, 15) is 18.0 Å². The molecule has 0 atom stereocenters. The number of nitrogens with zero attached hydrogens (tertiary/aromatic N) is 2. The second kappa shape index (κ2) is 7.09. The van der Waals surface area contributed by atoms with Gasteiger partial charge in [-0.1, -0.05) is 6.07 Å². The molecule has 0 saturated heterocycles. The SMILES string of the molecule is Cc1cc(CNC(=O)c2cnn(-c3cccc(C(F)(F)F)c3)c2C2CC2)c(C)o1. The summed E-state index contributed by atoms with van der Waals surface area (Å²) in [5.41, 5.74) is 1.48. The van der Waals surface area contributed by atoms with E-state index in [4.69, 9.17) is 4.42 Å². The molecular formula is C21H20F3N3O2. The van der Waals surface area contributed by atoms with Crippen molar-refractivity contribution in [3.8, 4) is 5.69 Å². The molecule has 3 aromatic rings. The molecule has 0 unspecified atom stereocenters. The smallest absolute Gasteiger partial charge is 0.416 e. The van der Waals surface area contributed by atoms with Crippen molar-refractivity contribution in [1.29, 1.82) is 0 Å². The van der Waals surface area contributed by atoms with Gasteiger partial charge in [0.15, 0.2) is 0 Å². The Bertz CT molecular complexity index is 1060. The Labute approximate surface area is 165 Å². The highest BCUT2D eigenvalue weighted by Crippen LogP contribution is 2.42. The van der Waals surface area contributed by atoms with E-state index in [1.54, 1.807) is 6.07 Å². The lowest BCUT2D eigenvalue weighted by Gasteiger charge is -2.12. The summed E-state index contributed by atoms with van der Waals surface area (Å²) in [5, 5.41) is 7.10. The molecule has 2 heterocycles. The Kier molecular flexibility index (Phi) is 4.72. The molecule has 4 rings (SSSR count). The molecule has 1 fully saturated rings. The molecule has 0 aliphatic heterocycles. The molecule has 1 amide bonds. The number of halogens is 3. The van der Waals surface area contributed by atoms with Crippen LogP contribution in [-0.2, 0) is 12.7 Å². The van der Waals surface area contributed by atoms with E-state index >= 15 is 0 Å². The van der Waals surface area contributed by atoms with Crippen LogP contribution in [0.25, 0.3) is 5.69 Å². The number of hydrogen-bond acceptors (Lipinski definition) is 3. The van der Waals surface area contributed by atoms with Gasteiger partial charge in [-0.3, -0.25) is 4.79 Å². The number of aryl methyl sites for hydroxylation is 2. The first-order valence-corrected chi connectivity index (χ1v) is 9.33. The highest BCUT2D eigenvalue weighted by molar-refractivity contribution is 5.95. The minimum atomic E-state index is -4.44. The van der Waals surface area contributed by atoms with Crippen LogP contribution in [0.5, 0.6) is 0 Å². The fourth-order valence-corrected chi connectivity index (χ4v) is 3.43. The lowest BCUT2D eigenvalue weighted by Crippen LogP contribution is -2.24. The number of carbonyl (C=O) groups is 1. The summed E-state index contributed by atoms with van der Waals surface area (Å²) in [6.07, 6.45) is -1.25. The molecule has 1 N–H and O–H groups in total. The minimum Gasteiger partial charge on any atom is -0.466 e. The molecule has 0 bridgehead atoms. The summed E-state index contributed by atoms with van der Waals surface area (Å²) in [7, 11) is 0. The lowest BCUT2D eigenvalue weighted by molar-refractivity contribution is -0.137. The molecule has 5 nitrogen and oxygen atoms in total. The summed E-state index contributed by atoms with van der Waals surface area (Å²) in [4.78, 5) is 12.8. The van der Waals surface area contributed by atoms with Gasteiger partial charge in [0.1, 0.15) is 11.5 Å². The minimum absolute atomic E-state index is 0.116. The van der Waals surface area contributed by atoms with Crippen LogP contribution in [0.4, 0.5) is 13.2 Å². The highest BCUT2D eigenvalue weighted by Gasteiger charge is 2.34. The summed E-state index contributed by atoms with van der Waals surface area (Å²) in [6, 6.07) is 6.85. The quantitative estimate of drug-likeness (QED) is 0.659. The van der Waals surface area contributed by atoms with E-state index in [0.29, 0.717) is 23.5 Å². The van der Waals surface area contributed by atoms with Crippen molar-refractivity contribution in [2.75, 3.05) is 0 Å². The third kappa shape index (κ3) is 3.92. The number of hydrogen-bond donors (Lipinski definition) is 1. The van der Waals surface area contributed by atoms with Crippen LogP contribution in [0.2, 0.25) is 0 Å². The zero-order valence-electron chi connectivity index (χ0n) is 16.0. The van der Waals surface area contributed by atoms with E-state index in [0.717, 1.165) is 42.1 Å². The summed E-state index contributed by atoms with van der Waals surface area (Å²) in [5.74, 6) is 1.32. The molecule has 1 aliphatic rings. The molecule has 1 aliphatic carbocycles. The summed E-state index contributed by atoms with van der Waals surface area (Å²) >= 11 is 0. The average Bonchev–Trinajstić information content (AvgIpc) is 3.32. The van der Waals surface area contributed by atoms with Crippen molar-refractivity contribution >= 4 is 5.91 Å². The number of alkyl halides is 3. The van der Waals surface area contributed by atoms with Gasteiger partial charge in [0.05, 0.1) is 28.7 Å². The second-order valence-electron chi connectivity index (χ2n) is 7.30. The molecule has 152 valence electrons. The van der Waals surface area contributed by atoms with E-state index in [1.807, 2.05) is 19.9 Å². The molecular weight excluding hydrogens is 383 g/mol. The largest absolute Gasteiger partial charge is 0.466 e. The standard InChI is InChI=1S/C21H20F3N3O2/c1-12-8-15(13(2)29-12)10-25-20(28)18-11-26-27(19(18)14-6-7-14)17-5-3-4-16(9-17)21(22,23)24/h3-5,8-9,11,14H,6-7,10H2,1-2H3,(H,25,28). The van der Waals surface area contributed by atoms with E-state index in [1.165, 1.54) is 16.9 Å². The van der Waals surface area contributed by atoms with Gasteiger partial charge in [0, 0.05) is 18.0 Å². The van der Waals surface area contributed by atoms with Gasteiger partial charge >= 0.3 is 6.18 Å².